The van der Waals surface area contributed by atoms with Gasteiger partial charge in [0, 0.05) is 6.42 Å². The molecule has 0 bridgehead atoms. The fraction of sp³-hybridized carbons (Fsp3) is 0.600. The molecule has 2 atom stereocenters. The van der Waals surface area contributed by atoms with Gasteiger partial charge < -0.3 is 26.6 Å². The molecule has 0 radical (unpaired) electrons. The minimum atomic E-state index is -1.28. The number of primary amides is 1. The van der Waals surface area contributed by atoms with Crippen LogP contribution in [0.4, 0.5) is 4.79 Å². The van der Waals surface area contributed by atoms with Gasteiger partial charge in [-0.15, -0.1) is 0 Å². The Morgan fingerprint density at radius 1 is 1.16 bits per heavy atom. The summed E-state index contributed by atoms with van der Waals surface area (Å²) >= 11 is 0. The molecule has 0 saturated heterocycles. The molecule has 0 rings (SSSR count). The Bertz CT molecular complexity index is 370. The van der Waals surface area contributed by atoms with Crippen LogP contribution in [-0.4, -0.2) is 46.2 Å². The van der Waals surface area contributed by atoms with Gasteiger partial charge in [-0.25, -0.2) is 9.59 Å². The number of carbonyl (C=O) groups is 4. The first-order valence-corrected chi connectivity index (χ1v) is 5.55. The molecule has 3 amide bonds. The molecule has 1 unspecified atom stereocenters. The van der Waals surface area contributed by atoms with E-state index in [4.69, 9.17) is 15.9 Å². The number of hydrogen-bond acceptors (Lipinski definition) is 4. The molecular weight excluding hydrogens is 258 g/mol. The van der Waals surface area contributed by atoms with Crippen LogP contribution in [0.1, 0.15) is 26.2 Å². The lowest BCUT2D eigenvalue weighted by Gasteiger charge is -2.16. The van der Waals surface area contributed by atoms with Crippen LogP contribution < -0.4 is 16.4 Å². The normalized spacial score (nSPS) is 13.1. The first-order valence-electron chi connectivity index (χ1n) is 5.55. The van der Waals surface area contributed by atoms with Crippen molar-refractivity contribution in [2.75, 3.05) is 0 Å². The molecule has 0 aliphatic heterocycles. The van der Waals surface area contributed by atoms with E-state index in [1.165, 1.54) is 6.92 Å². The standard InChI is InChI=1S/C10H17N3O6/c1-5(8(11)16)12-10(19)13-6(9(17)18)3-2-4-7(14)15/h5-6H,2-4H2,1H3,(H2,11,16)(H,14,15)(H,17,18)(H2,12,13,19)/t5?,6-/m1/s1. The van der Waals surface area contributed by atoms with Crippen LogP contribution in [0.15, 0.2) is 0 Å². The zero-order valence-electron chi connectivity index (χ0n) is 10.4. The molecule has 0 aliphatic rings. The van der Waals surface area contributed by atoms with E-state index in [9.17, 15) is 19.2 Å². The number of carboxylic acid groups (broad SMARTS) is 2. The average molecular weight is 275 g/mol. The van der Waals surface area contributed by atoms with Crippen LogP contribution >= 0.6 is 0 Å². The molecule has 0 aliphatic carbocycles. The van der Waals surface area contributed by atoms with Crippen molar-refractivity contribution in [3.8, 4) is 0 Å². The molecule has 9 nitrogen and oxygen atoms in total. The monoisotopic (exact) mass is 275 g/mol. The zero-order chi connectivity index (χ0) is 15.0. The number of amides is 3. The van der Waals surface area contributed by atoms with Crippen LogP contribution in [0.5, 0.6) is 0 Å². The predicted molar refractivity (Wildman–Crippen MR) is 63.2 cm³/mol. The minimum Gasteiger partial charge on any atom is -0.481 e. The van der Waals surface area contributed by atoms with Crippen molar-refractivity contribution >= 4 is 23.9 Å². The lowest BCUT2D eigenvalue weighted by molar-refractivity contribution is -0.140. The van der Waals surface area contributed by atoms with E-state index in [0.29, 0.717) is 0 Å². The van der Waals surface area contributed by atoms with Gasteiger partial charge in [-0.05, 0) is 19.8 Å². The molecule has 6 N–H and O–H groups in total. The summed E-state index contributed by atoms with van der Waals surface area (Å²) < 4.78 is 0. The molecule has 108 valence electrons. The van der Waals surface area contributed by atoms with Gasteiger partial charge in [0.05, 0.1) is 0 Å². The van der Waals surface area contributed by atoms with Gasteiger partial charge >= 0.3 is 18.0 Å². The van der Waals surface area contributed by atoms with Crippen molar-refractivity contribution in [1.29, 1.82) is 0 Å². The number of nitrogens with two attached hydrogens (primary N) is 1. The topological polar surface area (TPSA) is 159 Å². The fourth-order valence-corrected chi connectivity index (χ4v) is 1.18. The molecule has 0 saturated carbocycles. The molecule has 0 spiro atoms. The summed E-state index contributed by atoms with van der Waals surface area (Å²) in [6.45, 7) is 1.35. The number of rotatable bonds is 8. The number of hydrogen-bond donors (Lipinski definition) is 5. The number of nitrogens with one attached hydrogen (secondary N) is 2. The molecule has 0 aromatic carbocycles. The first kappa shape index (κ1) is 16.7. The van der Waals surface area contributed by atoms with Gasteiger partial charge in [-0.2, -0.15) is 0 Å². The van der Waals surface area contributed by atoms with Crippen molar-refractivity contribution in [2.24, 2.45) is 5.73 Å². The van der Waals surface area contributed by atoms with Crippen molar-refractivity contribution in [2.45, 2.75) is 38.3 Å². The SMILES string of the molecule is CC(NC(=O)N[C@H](CCCC(=O)O)C(=O)O)C(N)=O. The van der Waals surface area contributed by atoms with Gasteiger partial charge in [0.15, 0.2) is 0 Å². The van der Waals surface area contributed by atoms with Crippen LogP contribution in [0.3, 0.4) is 0 Å². The third-order valence-corrected chi connectivity index (χ3v) is 2.26. The molecule has 0 aromatic heterocycles. The van der Waals surface area contributed by atoms with Crippen LogP contribution in [0.2, 0.25) is 0 Å². The van der Waals surface area contributed by atoms with Crippen LogP contribution in [-0.2, 0) is 14.4 Å². The number of carboxylic acids is 2. The van der Waals surface area contributed by atoms with E-state index in [-0.39, 0.29) is 19.3 Å². The van der Waals surface area contributed by atoms with Gasteiger partial charge in [0.2, 0.25) is 5.91 Å². The van der Waals surface area contributed by atoms with Crippen LogP contribution in [0, 0.1) is 0 Å². The maximum atomic E-state index is 11.4. The second kappa shape index (κ2) is 7.90. The number of aliphatic carboxylic acids is 2. The molecule has 0 heterocycles. The highest BCUT2D eigenvalue weighted by molar-refractivity contribution is 5.87. The quantitative estimate of drug-likeness (QED) is 0.377. The average Bonchev–Trinajstić information content (AvgIpc) is 2.26. The molecule has 0 aromatic rings. The smallest absolute Gasteiger partial charge is 0.326 e. The molecular formula is C10H17N3O6. The Kier molecular flexibility index (Phi) is 6.94. The van der Waals surface area contributed by atoms with Crippen molar-refractivity contribution < 1.29 is 29.4 Å². The van der Waals surface area contributed by atoms with Crippen LogP contribution in [0.25, 0.3) is 0 Å². The van der Waals surface area contributed by atoms with Crippen molar-refractivity contribution in [1.82, 2.24) is 10.6 Å². The predicted octanol–water partition coefficient (Wildman–Crippen LogP) is -1.13. The van der Waals surface area contributed by atoms with E-state index in [1.54, 1.807) is 0 Å². The highest BCUT2D eigenvalue weighted by Gasteiger charge is 2.21. The zero-order valence-corrected chi connectivity index (χ0v) is 10.4. The summed E-state index contributed by atoms with van der Waals surface area (Å²) in [6.07, 6.45) is -0.108. The van der Waals surface area contributed by atoms with E-state index in [0.717, 1.165) is 0 Å². The Labute approximate surface area is 109 Å². The summed E-state index contributed by atoms with van der Waals surface area (Å²) in [4.78, 5) is 43.2. The van der Waals surface area contributed by atoms with Crippen molar-refractivity contribution in [3.63, 3.8) is 0 Å². The van der Waals surface area contributed by atoms with E-state index in [2.05, 4.69) is 10.6 Å². The van der Waals surface area contributed by atoms with E-state index >= 15 is 0 Å². The van der Waals surface area contributed by atoms with Gasteiger partial charge in [0.1, 0.15) is 12.1 Å². The third kappa shape index (κ3) is 7.58. The first-order chi connectivity index (χ1) is 8.73. The van der Waals surface area contributed by atoms with E-state index in [1.807, 2.05) is 0 Å². The Balaban J connectivity index is 4.26. The Morgan fingerprint density at radius 3 is 2.16 bits per heavy atom. The van der Waals surface area contributed by atoms with Crippen molar-refractivity contribution in [3.05, 3.63) is 0 Å². The van der Waals surface area contributed by atoms with Gasteiger partial charge in [0.25, 0.3) is 0 Å². The van der Waals surface area contributed by atoms with Gasteiger partial charge in [-0.1, -0.05) is 0 Å². The number of urea groups is 1. The Morgan fingerprint density at radius 2 is 1.74 bits per heavy atom. The second-order valence-electron chi connectivity index (χ2n) is 3.92. The maximum absolute atomic E-state index is 11.4. The summed E-state index contributed by atoms with van der Waals surface area (Å²) in [5.74, 6) is -3.09. The summed E-state index contributed by atoms with van der Waals surface area (Å²) in [7, 11) is 0. The summed E-state index contributed by atoms with van der Waals surface area (Å²) in [5, 5.41) is 21.6. The lowest BCUT2D eigenvalue weighted by Crippen LogP contribution is -2.51. The lowest BCUT2D eigenvalue weighted by atomic mass is 10.1. The molecule has 0 fully saturated rings. The van der Waals surface area contributed by atoms with Gasteiger partial charge in [-0.3, -0.25) is 9.59 Å². The molecule has 19 heavy (non-hydrogen) atoms. The molecule has 9 heteroatoms. The fourth-order valence-electron chi connectivity index (χ4n) is 1.18. The second-order valence-corrected chi connectivity index (χ2v) is 3.92. The van der Waals surface area contributed by atoms with E-state index < -0.39 is 36.0 Å². The highest BCUT2D eigenvalue weighted by Crippen LogP contribution is 2.01. The maximum Gasteiger partial charge on any atom is 0.326 e. The highest BCUT2D eigenvalue weighted by atomic mass is 16.4. The number of carbonyl (C=O) groups excluding carboxylic acids is 2. The largest absolute Gasteiger partial charge is 0.481 e. The Hall–Kier alpha value is -2.32. The summed E-state index contributed by atoms with van der Waals surface area (Å²) in [5.41, 5.74) is 4.93. The summed E-state index contributed by atoms with van der Waals surface area (Å²) in [6, 6.07) is -3.01. The third-order valence-electron chi connectivity index (χ3n) is 2.26. The minimum absolute atomic E-state index is 0.0278.